The Balaban J connectivity index is 3.01. The third-order valence-electron chi connectivity index (χ3n) is 5.34. The van der Waals surface area contributed by atoms with E-state index < -0.39 is 3.79 Å². The molecule has 27 heavy (non-hydrogen) atoms. The first-order chi connectivity index (χ1) is 13.1. The molecule has 0 N–H and O–H groups in total. The SMILES string of the molecule is ClCCCCCCCCCCCCCCCCCCCCCCC(Cl)(Cl)Cl. The molecule has 0 atom stereocenters. The molecule has 0 unspecified atom stereocenters. The van der Waals surface area contributed by atoms with E-state index in [4.69, 9.17) is 46.4 Å². The van der Waals surface area contributed by atoms with E-state index in [1.54, 1.807) is 0 Å². The highest BCUT2D eigenvalue weighted by molar-refractivity contribution is 6.67. The summed E-state index contributed by atoms with van der Waals surface area (Å²) < 4.78 is -1.05. The van der Waals surface area contributed by atoms with Gasteiger partial charge in [0.05, 0.1) is 0 Å². The first kappa shape index (κ1) is 28.2. The van der Waals surface area contributed by atoms with Gasteiger partial charge in [-0.1, -0.05) is 150 Å². The summed E-state index contributed by atoms with van der Waals surface area (Å²) in [4.78, 5) is 0. The zero-order chi connectivity index (χ0) is 20.1. The lowest BCUT2D eigenvalue weighted by Crippen LogP contribution is -2.00. The number of hydrogen-bond donors (Lipinski definition) is 0. The zero-order valence-electron chi connectivity index (χ0n) is 17.6. The molecule has 0 rings (SSSR count). The average Bonchev–Trinajstić information content (AvgIpc) is 2.62. The number of rotatable bonds is 21. The van der Waals surface area contributed by atoms with Gasteiger partial charge < -0.3 is 0 Å². The number of alkyl halides is 4. The van der Waals surface area contributed by atoms with Gasteiger partial charge in [0.15, 0.2) is 3.79 Å². The van der Waals surface area contributed by atoms with Crippen molar-refractivity contribution in [2.45, 2.75) is 139 Å². The van der Waals surface area contributed by atoms with Crippen molar-refractivity contribution < 1.29 is 0 Å². The van der Waals surface area contributed by atoms with Gasteiger partial charge in [0, 0.05) is 5.88 Å². The number of unbranched alkanes of at least 4 members (excludes halogenated alkanes) is 19. The molecule has 0 fully saturated rings. The summed E-state index contributed by atoms with van der Waals surface area (Å²) in [5.74, 6) is 0.834. The van der Waals surface area contributed by atoms with Crippen LogP contribution in [-0.2, 0) is 0 Å². The summed E-state index contributed by atoms with van der Waals surface area (Å²) in [5, 5.41) is 0. The standard InChI is InChI=1S/C23H44Cl4/c24-22-20-18-16-14-12-10-8-6-4-2-1-3-5-7-9-11-13-15-17-19-21-23(25,26)27/h1-22H2. The molecule has 0 aromatic carbocycles. The maximum absolute atomic E-state index is 5.75. The Morgan fingerprint density at radius 2 is 0.556 bits per heavy atom. The Labute approximate surface area is 190 Å². The predicted octanol–water partition coefficient (Wildman–Crippen LogP) is 10.8. The molecule has 0 aliphatic rings. The number of halogens is 4. The van der Waals surface area contributed by atoms with Gasteiger partial charge in [-0.15, -0.1) is 11.6 Å². The Morgan fingerprint density at radius 1 is 0.333 bits per heavy atom. The Hall–Kier alpha value is 1.16. The summed E-state index contributed by atoms with van der Waals surface area (Å²) in [5.41, 5.74) is 0. The van der Waals surface area contributed by atoms with Gasteiger partial charge in [0.25, 0.3) is 0 Å². The molecule has 0 heterocycles. The quantitative estimate of drug-likeness (QED) is 0.118. The maximum Gasteiger partial charge on any atom is 0.190 e. The first-order valence-electron chi connectivity index (χ1n) is 11.7. The second-order valence-corrected chi connectivity index (χ2v) is 11.0. The van der Waals surface area contributed by atoms with Crippen molar-refractivity contribution in [3.8, 4) is 0 Å². The topological polar surface area (TPSA) is 0 Å². The van der Waals surface area contributed by atoms with E-state index in [1.807, 2.05) is 0 Å². The van der Waals surface area contributed by atoms with E-state index in [0.29, 0.717) is 6.42 Å². The minimum Gasteiger partial charge on any atom is -0.127 e. The van der Waals surface area contributed by atoms with E-state index in [9.17, 15) is 0 Å². The lowest BCUT2D eigenvalue weighted by Gasteiger charge is -2.09. The molecule has 0 aliphatic carbocycles. The molecule has 0 aromatic heterocycles. The third kappa shape index (κ3) is 27.2. The molecular weight excluding hydrogens is 418 g/mol. The zero-order valence-corrected chi connectivity index (χ0v) is 20.6. The van der Waals surface area contributed by atoms with Crippen LogP contribution >= 0.6 is 46.4 Å². The monoisotopic (exact) mass is 460 g/mol. The van der Waals surface area contributed by atoms with Crippen molar-refractivity contribution in [2.24, 2.45) is 0 Å². The molecule has 4 heteroatoms. The summed E-state index contributed by atoms with van der Waals surface area (Å²) in [7, 11) is 0. The molecule has 0 saturated carbocycles. The minimum absolute atomic E-state index is 0.687. The van der Waals surface area contributed by atoms with Gasteiger partial charge in [0.2, 0.25) is 0 Å². The third-order valence-corrected chi connectivity index (χ3v) is 6.18. The molecule has 0 amide bonds. The van der Waals surface area contributed by atoms with Crippen molar-refractivity contribution in [2.75, 3.05) is 5.88 Å². The van der Waals surface area contributed by atoms with Crippen LogP contribution in [0, 0.1) is 0 Å². The Bertz CT molecular complexity index is 276. The highest BCUT2D eigenvalue weighted by Gasteiger charge is 2.17. The molecule has 0 aromatic rings. The Morgan fingerprint density at radius 3 is 0.778 bits per heavy atom. The fourth-order valence-electron chi connectivity index (χ4n) is 3.60. The molecular formula is C23H44Cl4. The Kier molecular flexibility index (Phi) is 22.8. The lowest BCUT2D eigenvalue weighted by atomic mass is 10.0. The predicted molar refractivity (Wildman–Crippen MR) is 128 cm³/mol. The summed E-state index contributed by atoms with van der Waals surface area (Å²) >= 11 is 22.9. The van der Waals surface area contributed by atoms with E-state index in [2.05, 4.69) is 0 Å². The van der Waals surface area contributed by atoms with Gasteiger partial charge >= 0.3 is 0 Å². The normalized spacial score (nSPS) is 12.0. The van der Waals surface area contributed by atoms with Crippen LogP contribution in [0.15, 0.2) is 0 Å². The number of hydrogen-bond acceptors (Lipinski definition) is 0. The maximum atomic E-state index is 5.75. The second kappa shape index (κ2) is 21.9. The van der Waals surface area contributed by atoms with Crippen LogP contribution in [0.5, 0.6) is 0 Å². The smallest absolute Gasteiger partial charge is 0.127 e. The molecule has 0 aliphatic heterocycles. The van der Waals surface area contributed by atoms with Gasteiger partial charge in [-0.2, -0.15) is 0 Å². The van der Waals surface area contributed by atoms with Crippen LogP contribution in [-0.4, -0.2) is 9.67 Å². The van der Waals surface area contributed by atoms with E-state index in [1.165, 1.54) is 122 Å². The van der Waals surface area contributed by atoms with Crippen molar-refractivity contribution in [3.05, 3.63) is 0 Å². The van der Waals surface area contributed by atoms with Crippen LogP contribution < -0.4 is 0 Å². The fourth-order valence-corrected chi connectivity index (χ4v) is 4.19. The van der Waals surface area contributed by atoms with Crippen LogP contribution in [0.25, 0.3) is 0 Å². The molecule has 0 spiro atoms. The van der Waals surface area contributed by atoms with E-state index in [-0.39, 0.29) is 0 Å². The van der Waals surface area contributed by atoms with E-state index >= 15 is 0 Å². The first-order valence-corrected chi connectivity index (χ1v) is 13.4. The van der Waals surface area contributed by atoms with Crippen LogP contribution in [0.3, 0.4) is 0 Å². The van der Waals surface area contributed by atoms with Gasteiger partial charge in [-0.25, -0.2) is 0 Å². The summed E-state index contributed by atoms with van der Waals surface area (Å²) in [6, 6.07) is 0. The summed E-state index contributed by atoms with van der Waals surface area (Å²) in [6.07, 6.45) is 28.0. The molecule has 0 nitrogen and oxygen atoms in total. The molecule has 164 valence electrons. The minimum atomic E-state index is -1.05. The molecule has 0 bridgehead atoms. The van der Waals surface area contributed by atoms with Crippen LogP contribution in [0.4, 0.5) is 0 Å². The summed E-state index contributed by atoms with van der Waals surface area (Å²) in [6.45, 7) is 0. The highest BCUT2D eigenvalue weighted by Crippen LogP contribution is 2.32. The van der Waals surface area contributed by atoms with Crippen molar-refractivity contribution in [1.82, 2.24) is 0 Å². The molecule has 0 radical (unpaired) electrons. The van der Waals surface area contributed by atoms with E-state index in [0.717, 1.165) is 12.3 Å². The highest BCUT2D eigenvalue weighted by atomic mass is 35.6. The van der Waals surface area contributed by atoms with Gasteiger partial charge in [-0.3, -0.25) is 0 Å². The largest absolute Gasteiger partial charge is 0.190 e. The molecule has 0 saturated heterocycles. The van der Waals surface area contributed by atoms with Gasteiger partial charge in [0.1, 0.15) is 0 Å². The van der Waals surface area contributed by atoms with Crippen molar-refractivity contribution in [3.63, 3.8) is 0 Å². The lowest BCUT2D eigenvalue weighted by molar-refractivity contribution is 0.520. The average molecular weight is 462 g/mol. The van der Waals surface area contributed by atoms with Crippen LogP contribution in [0.1, 0.15) is 135 Å². The fraction of sp³-hybridized carbons (Fsp3) is 1.00. The van der Waals surface area contributed by atoms with Crippen molar-refractivity contribution in [1.29, 1.82) is 0 Å². The van der Waals surface area contributed by atoms with Crippen LogP contribution in [0.2, 0.25) is 0 Å². The van der Waals surface area contributed by atoms with Gasteiger partial charge in [-0.05, 0) is 19.3 Å². The van der Waals surface area contributed by atoms with Crippen molar-refractivity contribution >= 4 is 46.4 Å². The second-order valence-electron chi connectivity index (χ2n) is 8.13.